The Hall–Kier alpha value is -7.16. The van der Waals surface area contributed by atoms with Crippen molar-refractivity contribution in [1.29, 1.82) is 0 Å². The fourth-order valence-corrected chi connectivity index (χ4v) is 8.60. The molecule has 9 rings (SSSR count). The van der Waals surface area contributed by atoms with Crippen molar-refractivity contribution in [1.82, 2.24) is 4.57 Å². The van der Waals surface area contributed by atoms with Crippen LogP contribution in [0.4, 0.5) is 11.4 Å². The van der Waals surface area contributed by atoms with Gasteiger partial charge < -0.3 is 9.47 Å². The number of aromatic nitrogens is 1. The smallest absolute Gasteiger partial charge is 0.0637 e. The first kappa shape index (κ1) is 34.6. The van der Waals surface area contributed by atoms with Crippen LogP contribution in [0.2, 0.25) is 0 Å². The first-order chi connectivity index (χ1) is 27.6. The number of fused-ring (bicyclic) bond motifs is 7. The molecule has 1 aliphatic carbocycles. The van der Waals surface area contributed by atoms with E-state index in [4.69, 9.17) is 0 Å². The molecule has 2 atom stereocenters. The lowest BCUT2D eigenvalue weighted by Gasteiger charge is -2.31. The standard InChI is InChI=1S/C54H42N2/c1-5-7-17-37(3)38(4)46(16-6-2)41-28-32-45(33-29-41)56-50-25-14-12-23-48(50)54-52(56)35-34-51-53(54)47-22-11-13-24-49(47)55(51)44-30-26-40(27-31-44)43-21-15-20-42(36-43)39-18-9-8-10-19-39/h5-36,52,54H,1-4H2/b17-7-,46-16+. The van der Waals surface area contributed by atoms with Crippen LogP contribution < -0.4 is 4.90 Å². The van der Waals surface area contributed by atoms with E-state index in [1.807, 2.05) is 18.2 Å². The molecule has 0 fully saturated rings. The van der Waals surface area contributed by atoms with Gasteiger partial charge in [0.25, 0.3) is 0 Å². The molecule has 56 heavy (non-hydrogen) atoms. The Bertz CT molecular complexity index is 2750. The summed E-state index contributed by atoms with van der Waals surface area (Å²) < 4.78 is 2.44. The summed E-state index contributed by atoms with van der Waals surface area (Å²) in [5.41, 5.74) is 17.3. The normalized spacial score (nSPS) is 15.7. The summed E-state index contributed by atoms with van der Waals surface area (Å²) in [5.74, 6) is 0.160. The maximum Gasteiger partial charge on any atom is 0.0637 e. The Balaban J connectivity index is 1.09. The van der Waals surface area contributed by atoms with Crippen molar-refractivity contribution < 1.29 is 0 Å². The number of benzene rings is 6. The zero-order valence-electron chi connectivity index (χ0n) is 31.4. The molecule has 0 saturated heterocycles. The largest absolute Gasteiger partial charge is 0.333 e. The summed E-state index contributed by atoms with van der Waals surface area (Å²) >= 11 is 0. The molecule has 0 N–H and O–H groups in total. The summed E-state index contributed by atoms with van der Waals surface area (Å²) in [6, 6.07) is 55.1. The van der Waals surface area contributed by atoms with Gasteiger partial charge in [-0.15, -0.1) is 0 Å². The zero-order valence-corrected chi connectivity index (χ0v) is 31.4. The lowest BCUT2D eigenvalue weighted by molar-refractivity contribution is 0.725. The van der Waals surface area contributed by atoms with Crippen LogP contribution in [0, 0.1) is 0 Å². The Kier molecular flexibility index (Phi) is 9.01. The van der Waals surface area contributed by atoms with Gasteiger partial charge in [-0.3, -0.25) is 0 Å². The first-order valence-electron chi connectivity index (χ1n) is 19.1. The van der Waals surface area contributed by atoms with Crippen molar-refractivity contribution in [3.8, 4) is 27.9 Å². The highest BCUT2D eigenvalue weighted by Gasteiger charge is 2.43. The molecule has 0 saturated carbocycles. The molecule has 1 aliphatic heterocycles. The van der Waals surface area contributed by atoms with Gasteiger partial charge in [0, 0.05) is 28.4 Å². The molecular weight excluding hydrogens is 677 g/mol. The minimum absolute atomic E-state index is 0.117. The molecular formula is C54H42N2. The van der Waals surface area contributed by atoms with Crippen molar-refractivity contribution in [2.24, 2.45) is 0 Å². The van der Waals surface area contributed by atoms with Gasteiger partial charge in [-0.1, -0.05) is 172 Å². The Labute approximate surface area is 330 Å². The van der Waals surface area contributed by atoms with Crippen LogP contribution in [0.15, 0.2) is 226 Å². The molecule has 268 valence electrons. The third-order valence-electron chi connectivity index (χ3n) is 11.2. The van der Waals surface area contributed by atoms with Gasteiger partial charge in [0.1, 0.15) is 0 Å². The van der Waals surface area contributed by atoms with E-state index >= 15 is 0 Å². The van der Waals surface area contributed by atoms with Gasteiger partial charge in [0.15, 0.2) is 0 Å². The lowest BCUT2D eigenvalue weighted by Crippen LogP contribution is -2.30. The second-order valence-electron chi connectivity index (χ2n) is 14.4. The molecule has 0 radical (unpaired) electrons. The summed E-state index contributed by atoms with van der Waals surface area (Å²) in [6.07, 6.45) is 14.1. The van der Waals surface area contributed by atoms with Gasteiger partial charge in [-0.25, -0.2) is 0 Å². The molecule has 2 heteroatoms. The summed E-state index contributed by atoms with van der Waals surface area (Å²) in [7, 11) is 0. The zero-order chi connectivity index (χ0) is 38.2. The number of anilines is 2. The minimum atomic E-state index is 0.117. The quantitative estimate of drug-likeness (QED) is 0.128. The van der Waals surface area contributed by atoms with Gasteiger partial charge in [-0.05, 0) is 104 Å². The highest BCUT2D eigenvalue weighted by Crippen LogP contribution is 2.54. The second-order valence-corrected chi connectivity index (χ2v) is 14.4. The Morgan fingerprint density at radius 3 is 2.02 bits per heavy atom. The topological polar surface area (TPSA) is 8.17 Å². The average Bonchev–Trinajstić information content (AvgIpc) is 3.78. The maximum absolute atomic E-state index is 4.37. The molecule has 0 spiro atoms. The number of rotatable bonds is 10. The van der Waals surface area contributed by atoms with Crippen LogP contribution in [0.5, 0.6) is 0 Å². The fraction of sp³-hybridized carbons (Fsp3) is 0.0370. The van der Waals surface area contributed by atoms with E-state index in [2.05, 4.69) is 200 Å². The van der Waals surface area contributed by atoms with Crippen molar-refractivity contribution in [3.05, 3.63) is 248 Å². The number of para-hydroxylation sites is 2. The molecule has 0 bridgehead atoms. The molecule has 6 aromatic carbocycles. The van der Waals surface area contributed by atoms with E-state index in [-0.39, 0.29) is 12.0 Å². The van der Waals surface area contributed by atoms with Crippen molar-refractivity contribution in [2.75, 3.05) is 4.90 Å². The number of allylic oxidation sites excluding steroid dienone is 8. The lowest BCUT2D eigenvalue weighted by atomic mass is 9.82. The van der Waals surface area contributed by atoms with Crippen LogP contribution in [-0.4, -0.2) is 10.6 Å². The predicted molar refractivity (Wildman–Crippen MR) is 240 cm³/mol. The first-order valence-corrected chi connectivity index (χ1v) is 19.1. The third-order valence-corrected chi connectivity index (χ3v) is 11.2. The van der Waals surface area contributed by atoms with Gasteiger partial charge in [0.05, 0.1) is 17.3 Å². The molecule has 1 aromatic heterocycles. The van der Waals surface area contributed by atoms with E-state index < -0.39 is 0 Å². The SMILES string of the molecule is C=C/C=C\C(=C)C(=C)/C(=C\C=C)c1ccc(N2c3ccccc3C3c4c(n(-c5ccc(-c6cccc(-c7ccccc7)c6)cc5)c5ccccc45)C=CC32)cc1. The fourth-order valence-electron chi connectivity index (χ4n) is 8.60. The summed E-state index contributed by atoms with van der Waals surface area (Å²) in [6.45, 7) is 16.4. The van der Waals surface area contributed by atoms with Crippen LogP contribution in [0.25, 0.3) is 50.5 Å². The molecule has 0 amide bonds. The average molecular weight is 719 g/mol. The number of nitrogens with zero attached hydrogens (tertiary/aromatic N) is 2. The van der Waals surface area contributed by atoms with Gasteiger partial charge in [-0.2, -0.15) is 0 Å². The highest BCUT2D eigenvalue weighted by atomic mass is 15.2. The molecule has 2 aliphatic rings. The predicted octanol–water partition coefficient (Wildman–Crippen LogP) is 14.1. The second kappa shape index (κ2) is 14.6. The molecule has 2 nitrogen and oxygen atoms in total. The van der Waals surface area contributed by atoms with Crippen LogP contribution in [0.3, 0.4) is 0 Å². The number of hydrogen-bond donors (Lipinski definition) is 0. The molecule has 2 unspecified atom stereocenters. The summed E-state index contributed by atoms with van der Waals surface area (Å²) in [5, 5.41) is 1.29. The van der Waals surface area contributed by atoms with Gasteiger partial charge >= 0.3 is 0 Å². The third kappa shape index (κ3) is 5.93. The minimum Gasteiger partial charge on any atom is -0.333 e. The van der Waals surface area contributed by atoms with E-state index in [1.54, 1.807) is 12.2 Å². The van der Waals surface area contributed by atoms with Gasteiger partial charge in [0.2, 0.25) is 0 Å². The van der Waals surface area contributed by atoms with Crippen LogP contribution in [-0.2, 0) is 0 Å². The van der Waals surface area contributed by atoms with Crippen molar-refractivity contribution in [3.63, 3.8) is 0 Å². The number of hydrogen-bond acceptors (Lipinski definition) is 1. The monoisotopic (exact) mass is 718 g/mol. The van der Waals surface area contributed by atoms with E-state index in [0.717, 1.165) is 33.7 Å². The van der Waals surface area contributed by atoms with Crippen molar-refractivity contribution in [2.45, 2.75) is 12.0 Å². The van der Waals surface area contributed by atoms with E-state index in [1.165, 1.54) is 55.7 Å². The Morgan fingerprint density at radius 2 is 1.27 bits per heavy atom. The maximum atomic E-state index is 4.37. The highest BCUT2D eigenvalue weighted by molar-refractivity contribution is 5.95. The van der Waals surface area contributed by atoms with Crippen LogP contribution in [0.1, 0.15) is 28.3 Å². The van der Waals surface area contributed by atoms with E-state index in [9.17, 15) is 0 Å². The van der Waals surface area contributed by atoms with Crippen LogP contribution >= 0.6 is 0 Å². The van der Waals surface area contributed by atoms with Crippen molar-refractivity contribution >= 4 is 33.9 Å². The molecule has 2 heterocycles. The Morgan fingerprint density at radius 1 is 0.607 bits per heavy atom. The molecule has 7 aromatic rings. The van der Waals surface area contributed by atoms with E-state index in [0.29, 0.717) is 0 Å². The summed E-state index contributed by atoms with van der Waals surface area (Å²) in [4.78, 5) is 2.51.